The van der Waals surface area contributed by atoms with Crippen molar-refractivity contribution in [2.24, 2.45) is 0 Å². The third kappa shape index (κ3) is 3.50. The molecule has 0 atom stereocenters. The largest absolute Gasteiger partial charge is 0.478 e. The van der Waals surface area contributed by atoms with Gasteiger partial charge in [-0.1, -0.05) is 48.5 Å². The standard InChI is InChI=1S/C20H15NO3/c22-19(16-9-4-10-17(12-16)20(23)24)21-18-11-5-8-15(13-18)14-6-2-1-3-7-14/h1-13H,(H,21,22)(H,23,24). The van der Waals surface area contributed by atoms with Crippen LogP contribution in [-0.4, -0.2) is 17.0 Å². The molecule has 0 aromatic heterocycles. The summed E-state index contributed by atoms with van der Waals surface area (Å²) in [6.07, 6.45) is 0. The summed E-state index contributed by atoms with van der Waals surface area (Å²) in [5.74, 6) is -1.40. The number of anilines is 1. The monoisotopic (exact) mass is 317 g/mol. The van der Waals surface area contributed by atoms with Crippen molar-refractivity contribution in [3.63, 3.8) is 0 Å². The summed E-state index contributed by atoms with van der Waals surface area (Å²) < 4.78 is 0. The number of nitrogens with one attached hydrogen (secondary N) is 1. The van der Waals surface area contributed by atoms with Crippen LogP contribution in [0.3, 0.4) is 0 Å². The zero-order valence-corrected chi connectivity index (χ0v) is 12.8. The number of benzene rings is 3. The number of carboxylic acids is 1. The van der Waals surface area contributed by atoms with E-state index >= 15 is 0 Å². The molecular formula is C20H15NO3. The van der Waals surface area contributed by atoms with Crippen molar-refractivity contribution in [2.45, 2.75) is 0 Å². The van der Waals surface area contributed by atoms with Crippen molar-refractivity contribution >= 4 is 17.6 Å². The average Bonchev–Trinajstić information content (AvgIpc) is 2.63. The Kier molecular flexibility index (Phi) is 4.38. The van der Waals surface area contributed by atoms with Crippen LogP contribution >= 0.6 is 0 Å². The van der Waals surface area contributed by atoms with E-state index in [0.29, 0.717) is 11.3 Å². The van der Waals surface area contributed by atoms with Crippen LogP contribution in [0.2, 0.25) is 0 Å². The number of carbonyl (C=O) groups excluding carboxylic acids is 1. The lowest BCUT2D eigenvalue weighted by molar-refractivity contribution is 0.0697. The number of aromatic carboxylic acids is 1. The Labute approximate surface area is 139 Å². The average molecular weight is 317 g/mol. The molecule has 0 aliphatic heterocycles. The molecule has 0 aliphatic rings. The summed E-state index contributed by atoms with van der Waals surface area (Å²) in [4.78, 5) is 23.3. The molecule has 3 rings (SSSR count). The molecule has 0 fully saturated rings. The molecule has 3 aromatic rings. The Balaban J connectivity index is 1.82. The molecule has 24 heavy (non-hydrogen) atoms. The highest BCUT2D eigenvalue weighted by Gasteiger charge is 2.10. The fraction of sp³-hybridized carbons (Fsp3) is 0. The minimum atomic E-state index is -1.06. The first-order valence-corrected chi connectivity index (χ1v) is 7.44. The summed E-state index contributed by atoms with van der Waals surface area (Å²) in [7, 11) is 0. The number of carboxylic acid groups (broad SMARTS) is 1. The molecule has 0 saturated carbocycles. The van der Waals surface area contributed by atoms with E-state index in [1.54, 1.807) is 18.2 Å². The Morgan fingerprint density at radius 1 is 0.708 bits per heavy atom. The van der Waals surface area contributed by atoms with Crippen molar-refractivity contribution in [3.05, 3.63) is 90.0 Å². The number of amides is 1. The van der Waals surface area contributed by atoms with Gasteiger partial charge in [0.05, 0.1) is 5.56 Å². The lowest BCUT2D eigenvalue weighted by atomic mass is 10.1. The number of carbonyl (C=O) groups is 2. The van der Waals surface area contributed by atoms with E-state index < -0.39 is 5.97 Å². The third-order valence-corrected chi connectivity index (χ3v) is 3.60. The van der Waals surface area contributed by atoms with Gasteiger partial charge in [-0.3, -0.25) is 4.79 Å². The van der Waals surface area contributed by atoms with Gasteiger partial charge in [0.15, 0.2) is 0 Å². The smallest absolute Gasteiger partial charge is 0.335 e. The van der Waals surface area contributed by atoms with Crippen LogP contribution in [0.25, 0.3) is 11.1 Å². The van der Waals surface area contributed by atoms with Gasteiger partial charge in [-0.25, -0.2) is 4.79 Å². The molecule has 118 valence electrons. The summed E-state index contributed by atoms with van der Waals surface area (Å²) >= 11 is 0. The molecular weight excluding hydrogens is 302 g/mol. The van der Waals surface area contributed by atoms with E-state index in [4.69, 9.17) is 5.11 Å². The Bertz CT molecular complexity index is 888. The zero-order valence-electron chi connectivity index (χ0n) is 12.8. The van der Waals surface area contributed by atoms with Crippen molar-refractivity contribution in [3.8, 4) is 11.1 Å². The Morgan fingerprint density at radius 3 is 2.12 bits per heavy atom. The van der Waals surface area contributed by atoms with Crippen LogP contribution in [0.4, 0.5) is 5.69 Å². The molecule has 0 aliphatic carbocycles. The Morgan fingerprint density at radius 2 is 1.38 bits per heavy atom. The zero-order chi connectivity index (χ0) is 16.9. The summed E-state index contributed by atoms with van der Waals surface area (Å²) in [6.45, 7) is 0. The van der Waals surface area contributed by atoms with Gasteiger partial charge < -0.3 is 10.4 Å². The normalized spacial score (nSPS) is 10.2. The molecule has 0 radical (unpaired) electrons. The minimum absolute atomic E-state index is 0.0840. The van der Waals surface area contributed by atoms with Gasteiger partial charge in [-0.15, -0.1) is 0 Å². The van der Waals surface area contributed by atoms with Gasteiger partial charge in [0.25, 0.3) is 5.91 Å². The molecule has 0 heterocycles. The molecule has 1 amide bonds. The quantitative estimate of drug-likeness (QED) is 0.754. The fourth-order valence-electron chi connectivity index (χ4n) is 2.40. The maximum atomic E-state index is 12.3. The summed E-state index contributed by atoms with van der Waals surface area (Å²) in [6, 6.07) is 23.3. The van der Waals surface area contributed by atoms with Gasteiger partial charge in [0, 0.05) is 11.3 Å². The second kappa shape index (κ2) is 6.79. The minimum Gasteiger partial charge on any atom is -0.478 e. The highest BCUT2D eigenvalue weighted by atomic mass is 16.4. The van der Waals surface area contributed by atoms with Gasteiger partial charge >= 0.3 is 5.97 Å². The second-order valence-electron chi connectivity index (χ2n) is 5.29. The van der Waals surface area contributed by atoms with Gasteiger partial charge in [0.2, 0.25) is 0 Å². The number of hydrogen-bond acceptors (Lipinski definition) is 2. The van der Waals surface area contributed by atoms with Gasteiger partial charge in [-0.05, 0) is 41.5 Å². The van der Waals surface area contributed by atoms with E-state index in [-0.39, 0.29) is 11.5 Å². The number of rotatable bonds is 4. The molecule has 0 spiro atoms. The lowest BCUT2D eigenvalue weighted by Gasteiger charge is -2.08. The Hall–Kier alpha value is -3.40. The molecule has 2 N–H and O–H groups in total. The fourth-order valence-corrected chi connectivity index (χ4v) is 2.40. The molecule has 0 saturated heterocycles. The lowest BCUT2D eigenvalue weighted by Crippen LogP contribution is -2.12. The first-order chi connectivity index (χ1) is 11.6. The van der Waals surface area contributed by atoms with Crippen molar-refractivity contribution < 1.29 is 14.7 Å². The van der Waals surface area contributed by atoms with E-state index in [2.05, 4.69) is 5.32 Å². The predicted molar refractivity (Wildman–Crippen MR) is 93.2 cm³/mol. The van der Waals surface area contributed by atoms with Gasteiger partial charge in [0.1, 0.15) is 0 Å². The summed E-state index contributed by atoms with van der Waals surface area (Å²) in [5, 5.41) is 11.8. The summed E-state index contributed by atoms with van der Waals surface area (Å²) in [5.41, 5.74) is 3.09. The maximum absolute atomic E-state index is 12.3. The first kappa shape index (κ1) is 15.5. The van der Waals surface area contributed by atoms with Crippen LogP contribution in [0.15, 0.2) is 78.9 Å². The van der Waals surface area contributed by atoms with E-state index in [9.17, 15) is 9.59 Å². The molecule has 4 nitrogen and oxygen atoms in total. The maximum Gasteiger partial charge on any atom is 0.335 e. The van der Waals surface area contributed by atoms with Crippen LogP contribution in [0, 0.1) is 0 Å². The topological polar surface area (TPSA) is 66.4 Å². The van der Waals surface area contributed by atoms with E-state index in [1.165, 1.54) is 12.1 Å². The van der Waals surface area contributed by atoms with E-state index in [1.807, 2.05) is 48.5 Å². The number of hydrogen-bond donors (Lipinski definition) is 2. The van der Waals surface area contributed by atoms with Crippen molar-refractivity contribution in [2.75, 3.05) is 5.32 Å². The SMILES string of the molecule is O=C(O)c1cccc(C(=O)Nc2cccc(-c3ccccc3)c2)c1. The van der Waals surface area contributed by atoms with Crippen LogP contribution in [0.5, 0.6) is 0 Å². The van der Waals surface area contributed by atoms with E-state index in [0.717, 1.165) is 11.1 Å². The molecule has 3 aromatic carbocycles. The van der Waals surface area contributed by atoms with Crippen LogP contribution in [-0.2, 0) is 0 Å². The van der Waals surface area contributed by atoms with Crippen molar-refractivity contribution in [1.82, 2.24) is 0 Å². The highest BCUT2D eigenvalue weighted by molar-refractivity contribution is 6.05. The first-order valence-electron chi connectivity index (χ1n) is 7.44. The molecule has 0 unspecified atom stereocenters. The predicted octanol–water partition coefficient (Wildman–Crippen LogP) is 4.30. The van der Waals surface area contributed by atoms with Gasteiger partial charge in [-0.2, -0.15) is 0 Å². The molecule has 4 heteroatoms. The molecule has 0 bridgehead atoms. The van der Waals surface area contributed by atoms with Crippen LogP contribution in [0.1, 0.15) is 20.7 Å². The van der Waals surface area contributed by atoms with Crippen molar-refractivity contribution in [1.29, 1.82) is 0 Å². The second-order valence-corrected chi connectivity index (χ2v) is 5.29. The third-order valence-electron chi connectivity index (χ3n) is 3.60. The van der Waals surface area contributed by atoms with Crippen LogP contribution < -0.4 is 5.32 Å². The highest BCUT2D eigenvalue weighted by Crippen LogP contribution is 2.22.